The highest BCUT2D eigenvalue weighted by atomic mass is 16.3. The van der Waals surface area contributed by atoms with Gasteiger partial charge in [-0.1, -0.05) is 6.92 Å². The average Bonchev–Trinajstić information content (AvgIpc) is 2.08. The maximum absolute atomic E-state index is 8.70. The third-order valence-corrected chi connectivity index (χ3v) is 3.04. The molecule has 0 saturated heterocycles. The van der Waals surface area contributed by atoms with Crippen molar-refractivity contribution in [2.24, 2.45) is 5.92 Å². The molecule has 12 heavy (non-hydrogen) atoms. The first-order valence-corrected chi connectivity index (χ1v) is 5.02. The van der Waals surface area contributed by atoms with Gasteiger partial charge < -0.3 is 10.4 Å². The lowest BCUT2D eigenvalue weighted by atomic mass is 9.78. The van der Waals surface area contributed by atoms with Crippen LogP contribution >= 0.6 is 0 Å². The Morgan fingerprint density at radius 1 is 1.42 bits per heavy atom. The number of hydrogen-bond donors (Lipinski definition) is 2. The summed E-state index contributed by atoms with van der Waals surface area (Å²) in [6, 6.07) is 0. The van der Waals surface area contributed by atoms with Crippen molar-refractivity contribution in [1.82, 2.24) is 5.32 Å². The number of aliphatic hydroxyl groups excluding tert-OH is 1. The first-order valence-electron chi connectivity index (χ1n) is 5.02. The van der Waals surface area contributed by atoms with E-state index in [9.17, 15) is 0 Å². The maximum atomic E-state index is 8.70. The van der Waals surface area contributed by atoms with Crippen molar-refractivity contribution in [2.75, 3.05) is 13.2 Å². The van der Waals surface area contributed by atoms with Crippen LogP contribution in [-0.2, 0) is 0 Å². The lowest BCUT2D eigenvalue weighted by Crippen LogP contribution is -2.46. The minimum atomic E-state index is 0.255. The van der Waals surface area contributed by atoms with Gasteiger partial charge in [0, 0.05) is 12.1 Å². The van der Waals surface area contributed by atoms with E-state index in [0.29, 0.717) is 5.54 Å². The first-order chi connectivity index (χ1) is 5.66. The van der Waals surface area contributed by atoms with E-state index in [2.05, 4.69) is 19.2 Å². The molecule has 0 aromatic rings. The quantitative estimate of drug-likeness (QED) is 0.675. The van der Waals surface area contributed by atoms with Crippen LogP contribution in [0.25, 0.3) is 0 Å². The third kappa shape index (κ3) is 2.76. The molecule has 0 aliphatic heterocycles. The lowest BCUT2D eigenvalue weighted by molar-refractivity contribution is 0.194. The van der Waals surface area contributed by atoms with Crippen LogP contribution in [0.4, 0.5) is 0 Å². The van der Waals surface area contributed by atoms with Crippen LogP contribution in [0.3, 0.4) is 0 Å². The van der Waals surface area contributed by atoms with Crippen molar-refractivity contribution < 1.29 is 5.11 Å². The Balaban J connectivity index is 2.29. The van der Waals surface area contributed by atoms with E-state index in [0.717, 1.165) is 12.5 Å². The number of nitrogens with one attached hydrogen (secondary N) is 1. The van der Waals surface area contributed by atoms with Crippen LogP contribution in [0.1, 0.15) is 39.5 Å². The van der Waals surface area contributed by atoms with Gasteiger partial charge in [-0.3, -0.25) is 0 Å². The molecule has 0 heterocycles. The second-order valence-corrected chi connectivity index (χ2v) is 4.39. The highest BCUT2D eigenvalue weighted by Crippen LogP contribution is 2.31. The van der Waals surface area contributed by atoms with E-state index in [-0.39, 0.29) is 6.61 Å². The molecule has 0 aromatic heterocycles. The smallest absolute Gasteiger partial charge is 0.0556 e. The van der Waals surface area contributed by atoms with Crippen molar-refractivity contribution in [2.45, 2.75) is 45.1 Å². The van der Waals surface area contributed by atoms with E-state index in [1.807, 2.05) is 0 Å². The second kappa shape index (κ2) is 4.24. The Morgan fingerprint density at radius 2 is 2.00 bits per heavy atom. The van der Waals surface area contributed by atoms with Gasteiger partial charge in [-0.05, 0) is 38.5 Å². The molecular weight excluding hydrogens is 150 g/mol. The normalized spacial score (nSPS) is 36.8. The molecule has 1 aliphatic carbocycles. The Kier molecular flexibility index (Phi) is 3.53. The van der Waals surface area contributed by atoms with Gasteiger partial charge in [-0.2, -0.15) is 0 Å². The fourth-order valence-corrected chi connectivity index (χ4v) is 1.93. The zero-order valence-corrected chi connectivity index (χ0v) is 8.27. The Labute approximate surface area is 75.4 Å². The van der Waals surface area contributed by atoms with E-state index in [1.165, 1.54) is 25.7 Å². The van der Waals surface area contributed by atoms with Crippen LogP contribution in [0, 0.1) is 5.92 Å². The summed E-state index contributed by atoms with van der Waals surface area (Å²) in [5.74, 6) is 0.897. The van der Waals surface area contributed by atoms with E-state index in [4.69, 9.17) is 5.11 Å². The van der Waals surface area contributed by atoms with E-state index in [1.54, 1.807) is 0 Å². The number of β-amino-alcohol motifs (C(OH)–C–C–N with tert-alkyl or cyclic N) is 1. The summed E-state index contributed by atoms with van der Waals surface area (Å²) >= 11 is 0. The molecule has 2 nitrogen and oxygen atoms in total. The van der Waals surface area contributed by atoms with Gasteiger partial charge >= 0.3 is 0 Å². The highest BCUT2D eigenvalue weighted by molar-refractivity contribution is 4.87. The molecule has 0 amide bonds. The molecule has 0 unspecified atom stereocenters. The number of aliphatic hydroxyl groups is 1. The molecule has 0 aromatic carbocycles. The summed E-state index contributed by atoms with van der Waals surface area (Å²) in [6.45, 7) is 5.59. The zero-order chi connectivity index (χ0) is 9.03. The topological polar surface area (TPSA) is 32.3 Å². The van der Waals surface area contributed by atoms with Crippen LogP contribution in [0.15, 0.2) is 0 Å². The molecule has 1 rings (SSSR count). The van der Waals surface area contributed by atoms with Crippen LogP contribution in [-0.4, -0.2) is 23.8 Å². The highest BCUT2D eigenvalue weighted by Gasteiger charge is 2.28. The molecule has 0 bridgehead atoms. The van der Waals surface area contributed by atoms with Gasteiger partial charge in [0.2, 0.25) is 0 Å². The summed E-state index contributed by atoms with van der Waals surface area (Å²) in [5.41, 5.74) is 0.301. The second-order valence-electron chi connectivity index (χ2n) is 4.39. The monoisotopic (exact) mass is 171 g/mol. The van der Waals surface area contributed by atoms with Crippen molar-refractivity contribution in [3.05, 3.63) is 0 Å². The van der Waals surface area contributed by atoms with Gasteiger partial charge in [-0.15, -0.1) is 0 Å². The molecule has 0 radical (unpaired) electrons. The fraction of sp³-hybridized carbons (Fsp3) is 1.00. The molecule has 0 atom stereocenters. The molecule has 2 N–H and O–H groups in total. The van der Waals surface area contributed by atoms with Gasteiger partial charge in [0.05, 0.1) is 6.61 Å². The summed E-state index contributed by atoms with van der Waals surface area (Å²) in [7, 11) is 0. The largest absolute Gasteiger partial charge is 0.395 e. The minimum absolute atomic E-state index is 0.255. The van der Waals surface area contributed by atoms with Gasteiger partial charge in [0.25, 0.3) is 0 Å². The maximum Gasteiger partial charge on any atom is 0.0556 e. The molecule has 1 aliphatic rings. The SMILES string of the molecule is CC1CCC(C)(NCCO)CC1. The fourth-order valence-electron chi connectivity index (χ4n) is 1.93. The van der Waals surface area contributed by atoms with Crippen LogP contribution < -0.4 is 5.32 Å². The summed E-state index contributed by atoms with van der Waals surface area (Å²) in [6.07, 6.45) is 5.17. The Bertz CT molecular complexity index is 122. The standard InChI is InChI=1S/C10H21NO/c1-9-3-5-10(2,6-4-9)11-7-8-12/h9,11-12H,3-8H2,1-2H3. The van der Waals surface area contributed by atoms with E-state index < -0.39 is 0 Å². The predicted octanol–water partition coefficient (Wildman–Crippen LogP) is 1.54. The van der Waals surface area contributed by atoms with E-state index >= 15 is 0 Å². The zero-order valence-electron chi connectivity index (χ0n) is 8.27. The summed E-state index contributed by atoms with van der Waals surface area (Å²) in [5, 5.41) is 12.1. The van der Waals surface area contributed by atoms with Crippen LogP contribution in [0.5, 0.6) is 0 Å². The van der Waals surface area contributed by atoms with Gasteiger partial charge in [0.1, 0.15) is 0 Å². The molecule has 1 saturated carbocycles. The molecular formula is C10H21NO. The van der Waals surface area contributed by atoms with Crippen molar-refractivity contribution in [1.29, 1.82) is 0 Å². The van der Waals surface area contributed by atoms with Crippen molar-refractivity contribution >= 4 is 0 Å². The van der Waals surface area contributed by atoms with Gasteiger partial charge in [-0.25, -0.2) is 0 Å². The molecule has 72 valence electrons. The lowest BCUT2D eigenvalue weighted by Gasteiger charge is -2.37. The molecule has 0 spiro atoms. The summed E-state index contributed by atoms with van der Waals surface area (Å²) in [4.78, 5) is 0. The average molecular weight is 171 g/mol. The summed E-state index contributed by atoms with van der Waals surface area (Å²) < 4.78 is 0. The number of hydrogen-bond acceptors (Lipinski definition) is 2. The molecule has 1 fully saturated rings. The van der Waals surface area contributed by atoms with Crippen molar-refractivity contribution in [3.8, 4) is 0 Å². The van der Waals surface area contributed by atoms with Crippen molar-refractivity contribution in [3.63, 3.8) is 0 Å². The minimum Gasteiger partial charge on any atom is -0.395 e. The van der Waals surface area contributed by atoms with Gasteiger partial charge in [0.15, 0.2) is 0 Å². The first kappa shape index (κ1) is 10.0. The Hall–Kier alpha value is -0.0800. The predicted molar refractivity (Wildman–Crippen MR) is 51.1 cm³/mol. The number of rotatable bonds is 3. The molecule has 2 heteroatoms. The van der Waals surface area contributed by atoms with Crippen LogP contribution in [0.2, 0.25) is 0 Å². The Morgan fingerprint density at radius 3 is 2.50 bits per heavy atom. The third-order valence-electron chi connectivity index (χ3n) is 3.04.